The molecule has 1 aliphatic rings. The van der Waals surface area contributed by atoms with Gasteiger partial charge in [0.1, 0.15) is 18.1 Å². The summed E-state index contributed by atoms with van der Waals surface area (Å²) in [4.78, 5) is 21.0. The van der Waals surface area contributed by atoms with E-state index >= 15 is 0 Å². The number of hydrogen-bond acceptors (Lipinski definition) is 5. The van der Waals surface area contributed by atoms with Crippen molar-refractivity contribution < 1.29 is 9.53 Å². The predicted molar refractivity (Wildman–Crippen MR) is 109 cm³/mol. The van der Waals surface area contributed by atoms with Gasteiger partial charge in [-0.3, -0.25) is 9.79 Å². The number of pyridine rings is 1. The standard InChI is InChI=1S/C18H18Br2N4O2/c1-18(10-26-9-16(21)24-18)7-11-4-13(20)6-14(5-11)23-17(25)15-3-2-12(19)8-22-15/h2-6,8H,7,9-10H2,1H3,(H2,21,24)(H,23,25)/t18-/m1/s1. The van der Waals surface area contributed by atoms with Crippen LogP contribution in [0.1, 0.15) is 23.0 Å². The Bertz CT molecular complexity index is 855. The second-order valence-electron chi connectivity index (χ2n) is 6.43. The molecule has 0 aliphatic carbocycles. The van der Waals surface area contributed by atoms with Crippen LogP contribution >= 0.6 is 31.9 Å². The summed E-state index contributed by atoms with van der Waals surface area (Å²) >= 11 is 6.80. The Kier molecular flexibility index (Phi) is 5.74. The lowest BCUT2D eigenvalue weighted by atomic mass is 9.93. The van der Waals surface area contributed by atoms with Crippen LogP contribution in [-0.2, 0) is 11.2 Å². The summed E-state index contributed by atoms with van der Waals surface area (Å²) in [5.41, 5.74) is 7.44. The molecule has 1 atom stereocenters. The van der Waals surface area contributed by atoms with Crippen LogP contribution in [-0.4, -0.2) is 35.5 Å². The number of carbonyl (C=O) groups excluding carboxylic acids is 1. The number of aliphatic imine (C=N–C) groups is 1. The first-order chi connectivity index (χ1) is 12.3. The highest BCUT2D eigenvalue weighted by Gasteiger charge is 2.28. The number of nitrogens with zero attached hydrogens (tertiary/aromatic N) is 2. The minimum atomic E-state index is -0.419. The van der Waals surface area contributed by atoms with Crippen molar-refractivity contribution in [1.82, 2.24) is 4.98 Å². The topological polar surface area (TPSA) is 89.6 Å². The fourth-order valence-corrected chi connectivity index (χ4v) is 3.62. The van der Waals surface area contributed by atoms with Gasteiger partial charge in [-0.15, -0.1) is 0 Å². The van der Waals surface area contributed by atoms with E-state index in [4.69, 9.17) is 10.5 Å². The van der Waals surface area contributed by atoms with Crippen molar-refractivity contribution in [2.24, 2.45) is 10.7 Å². The summed E-state index contributed by atoms with van der Waals surface area (Å²) in [6.45, 7) is 2.88. The molecule has 0 bridgehead atoms. The highest BCUT2D eigenvalue weighted by atomic mass is 79.9. The highest BCUT2D eigenvalue weighted by Crippen LogP contribution is 2.26. The fourth-order valence-electron chi connectivity index (χ4n) is 2.85. The molecule has 1 aliphatic heterocycles. The molecule has 2 heterocycles. The molecule has 1 aromatic heterocycles. The average Bonchev–Trinajstić information content (AvgIpc) is 2.54. The Labute approximate surface area is 168 Å². The molecule has 0 radical (unpaired) electrons. The van der Waals surface area contributed by atoms with E-state index in [0.29, 0.717) is 36.9 Å². The first kappa shape index (κ1) is 19.0. The maximum Gasteiger partial charge on any atom is 0.274 e. The van der Waals surface area contributed by atoms with E-state index in [9.17, 15) is 4.79 Å². The number of aromatic nitrogens is 1. The Balaban J connectivity index is 1.78. The summed E-state index contributed by atoms with van der Waals surface area (Å²) in [5, 5.41) is 2.88. The number of nitrogens with two attached hydrogens (primary N) is 1. The number of nitrogens with one attached hydrogen (secondary N) is 1. The van der Waals surface area contributed by atoms with Crippen molar-refractivity contribution in [2.45, 2.75) is 18.9 Å². The Morgan fingerprint density at radius 2 is 2.12 bits per heavy atom. The lowest BCUT2D eigenvalue weighted by molar-refractivity contribution is 0.102. The average molecular weight is 482 g/mol. The van der Waals surface area contributed by atoms with Crippen LogP contribution in [0.4, 0.5) is 5.69 Å². The van der Waals surface area contributed by atoms with Gasteiger partial charge < -0.3 is 15.8 Å². The number of halogens is 2. The number of ether oxygens (including phenoxy) is 1. The third kappa shape index (κ3) is 4.90. The lowest BCUT2D eigenvalue weighted by Crippen LogP contribution is -2.41. The van der Waals surface area contributed by atoms with E-state index in [1.54, 1.807) is 18.3 Å². The second kappa shape index (κ2) is 7.85. The minimum absolute atomic E-state index is 0.268. The van der Waals surface area contributed by atoms with E-state index in [1.807, 2.05) is 25.1 Å². The van der Waals surface area contributed by atoms with Crippen LogP contribution in [0.5, 0.6) is 0 Å². The lowest BCUT2D eigenvalue weighted by Gasteiger charge is -2.29. The van der Waals surface area contributed by atoms with Crippen LogP contribution in [0.25, 0.3) is 0 Å². The fraction of sp³-hybridized carbons (Fsp3) is 0.278. The third-order valence-corrected chi connectivity index (χ3v) is 4.76. The van der Waals surface area contributed by atoms with Crippen LogP contribution in [0, 0.1) is 0 Å². The Morgan fingerprint density at radius 1 is 1.31 bits per heavy atom. The molecule has 136 valence electrons. The van der Waals surface area contributed by atoms with E-state index in [2.05, 4.69) is 47.2 Å². The normalized spacial score (nSPS) is 19.7. The van der Waals surface area contributed by atoms with Gasteiger partial charge in [0, 0.05) is 20.8 Å². The second-order valence-corrected chi connectivity index (χ2v) is 8.26. The van der Waals surface area contributed by atoms with E-state index in [-0.39, 0.29) is 5.91 Å². The number of rotatable bonds is 4. The SMILES string of the molecule is C[C@@]1(Cc2cc(Br)cc(NC(=O)c3ccc(Br)cn3)c2)COCC(N)=N1. The summed E-state index contributed by atoms with van der Waals surface area (Å²) in [6.07, 6.45) is 2.24. The Morgan fingerprint density at radius 3 is 2.81 bits per heavy atom. The van der Waals surface area contributed by atoms with E-state index in [1.165, 1.54) is 0 Å². The van der Waals surface area contributed by atoms with Gasteiger partial charge >= 0.3 is 0 Å². The van der Waals surface area contributed by atoms with Gasteiger partial charge in [0.2, 0.25) is 0 Å². The van der Waals surface area contributed by atoms with Gasteiger partial charge in [0.25, 0.3) is 5.91 Å². The number of anilines is 1. The molecule has 0 unspecified atom stereocenters. The number of hydrogen-bond donors (Lipinski definition) is 2. The van der Waals surface area contributed by atoms with Crippen molar-refractivity contribution in [3.8, 4) is 0 Å². The molecule has 0 saturated carbocycles. The predicted octanol–water partition coefficient (Wildman–Crippen LogP) is 3.55. The minimum Gasteiger partial charge on any atom is -0.386 e. The first-order valence-electron chi connectivity index (χ1n) is 7.97. The van der Waals surface area contributed by atoms with Crippen molar-refractivity contribution in [3.05, 3.63) is 56.7 Å². The van der Waals surface area contributed by atoms with Gasteiger partial charge in [-0.1, -0.05) is 15.9 Å². The van der Waals surface area contributed by atoms with Crippen molar-refractivity contribution >= 4 is 49.3 Å². The Hall–Kier alpha value is -1.77. The van der Waals surface area contributed by atoms with E-state index in [0.717, 1.165) is 14.5 Å². The molecule has 2 aromatic rings. The molecule has 1 amide bonds. The van der Waals surface area contributed by atoms with Gasteiger partial charge in [-0.25, -0.2) is 4.98 Å². The third-order valence-electron chi connectivity index (χ3n) is 3.84. The van der Waals surface area contributed by atoms with Gasteiger partial charge in [0.05, 0.1) is 12.1 Å². The largest absolute Gasteiger partial charge is 0.386 e. The zero-order valence-electron chi connectivity index (χ0n) is 14.1. The number of amides is 1. The molecule has 0 saturated heterocycles. The monoisotopic (exact) mass is 480 g/mol. The summed E-state index contributed by atoms with van der Waals surface area (Å²) < 4.78 is 7.20. The number of carbonyl (C=O) groups is 1. The molecule has 0 fully saturated rings. The maximum atomic E-state index is 12.4. The van der Waals surface area contributed by atoms with Crippen molar-refractivity contribution in [1.29, 1.82) is 0 Å². The molecule has 3 N–H and O–H groups in total. The van der Waals surface area contributed by atoms with Crippen LogP contribution in [0.15, 0.2) is 50.5 Å². The first-order valence-corrected chi connectivity index (χ1v) is 9.56. The van der Waals surface area contributed by atoms with Crippen LogP contribution in [0.2, 0.25) is 0 Å². The molecular formula is C18H18Br2N4O2. The molecular weight excluding hydrogens is 464 g/mol. The smallest absolute Gasteiger partial charge is 0.274 e. The quantitative estimate of drug-likeness (QED) is 0.698. The summed E-state index contributed by atoms with van der Waals surface area (Å²) in [7, 11) is 0. The number of benzene rings is 1. The summed E-state index contributed by atoms with van der Waals surface area (Å²) in [6, 6.07) is 9.21. The van der Waals surface area contributed by atoms with Gasteiger partial charge in [-0.2, -0.15) is 0 Å². The molecule has 1 aromatic carbocycles. The van der Waals surface area contributed by atoms with Crippen molar-refractivity contribution in [3.63, 3.8) is 0 Å². The molecule has 3 rings (SSSR count). The van der Waals surface area contributed by atoms with Crippen LogP contribution < -0.4 is 11.1 Å². The van der Waals surface area contributed by atoms with Gasteiger partial charge in [0.15, 0.2) is 0 Å². The van der Waals surface area contributed by atoms with Crippen molar-refractivity contribution in [2.75, 3.05) is 18.5 Å². The van der Waals surface area contributed by atoms with E-state index < -0.39 is 5.54 Å². The highest BCUT2D eigenvalue weighted by molar-refractivity contribution is 9.10. The zero-order valence-corrected chi connectivity index (χ0v) is 17.3. The molecule has 6 nitrogen and oxygen atoms in total. The maximum absolute atomic E-state index is 12.4. The molecule has 8 heteroatoms. The zero-order chi connectivity index (χ0) is 18.7. The number of amidine groups is 1. The molecule has 0 spiro atoms. The molecule has 26 heavy (non-hydrogen) atoms. The summed E-state index contributed by atoms with van der Waals surface area (Å²) in [5.74, 6) is 0.236. The van der Waals surface area contributed by atoms with Gasteiger partial charge in [-0.05, 0) is 65.2 Å². The van der Waals surface area contributed by atoms with Crippen LogP contribution in [0.3, 0.4) is 0 Å².